The number of fused-ring (bicyclic) bond motifs is 2. The molecular formula is C25H23N3O6. The summed E-state index contributed by atoms with van der Waals surface area (Å²) in [5.41, 5.74) is 2.75. The van der Waals surface area contributed by atoms with Gasteiger partial charge in [-0.1, -0.05) is 30.4 Å². The number of carboxylic acids is 1. The molecular weight excluding hydrogens is 438 g/mol. The third-order valence-corrected chi connectivity index (χ3v) is 6.37. The molecule has 0 fully saturated rings. The lowest BCUT2D eigenvalue weighted by molar-refractivity contribution is 0.0106. The fourth-order valence-electron chi connectivity index (χ4n) is 4.44. The van der Waals surface area contributed by atoms with Crippen LogP contribution in [0.25, 0.3) is 17.5 Å². The number of hydrogen-bond donors (Lipinski definition) is 2. The van der Waals surface area contributed by atoms with Gasteiger partial charge in [-0.05, 0) is 25.1 Å². The van der Waals surface area contributed by atoms with E-state index in [0.717, 1.165) is 11.3 Å². The Morgan fingerprint density at radius 1 is 1.21 bits per heavy atom. The van der Waals surface area contributed by atoms with Crippen molar-refractivity contribution in [2.24, 2.45) is 0 Å². The van der Waals surface area contributed by atoms with Crippen molar-refractivity contribution in [1.29, 1.82) is 0 Å². The third-order valence-electron chi connectivity index (χ3n) is 6.37. The van der Waals surface area contributed by atoms with Crippen molar-refractivity contribution in [2.75, 3.05) is 19.1 Å². The number of oxazole rings is 1. The smallest absolute Gasteiger partial charge is 0.358 e. The highest BCUT2D eigenvalue weighted by Gasteiger charge is 2.37. The maximum Gasteiger partial charge on any atom is 0.358 e. The summed E-state index contributed by atoms with van der Waals surface area (Å²) in [6, 6.07) is 10.4. The van der Waals surface area contributed by atoms with E-state index in [9.17, 15) is 19.8 Å². The normalized spacial score (nSPS) is 18.8. The number of hydrogen-bond acceptors (Lipinski definition) is 7. The Bertz CT molecular complexity index is 1340. The molecule has 2 N–H and O–H groups in total. The Hall–Kier alpha value is -4.11. The number of carbonyl (C=O) groups excluding carboxylic acids is 1. The highest BCUT2D eigenvalue weighted by molar-refractivity contribution is 5.99. The van der Waals surface area contributed by atoms with Gasteiger partial charge in [0.1, 0.15) is 5.75 Å². The second-order valence-corrected chi connectivity index (χ2v) is 8.28. The number of benzene rings is 2. The van der Waals surface area contributed by atoms with Crippen molar-refractivity contribution in [3.63, 3.8) is 0 Å². The van der Waals surface area contributed by atoms with Gasteiger partial charge in [0, 0.05) is 35.3 Å². The molecule has 2 aliphatic rings. The van der Waals surface area contributed by atoms with Gasteiger partial charge < -0.3 is 29.2 Å². The van der Waals surface area contributed by atoms with Crippen molar-refractivity contribution in [1.82, 2.24) is 9.88 Å². The monoisotopic (exact) mass is 461 g/mol. The second-order valence-electron chi connectivity index (χ2n) is 8.28. The van der Waals surface area contributed by atoms with Crippen LogP contribution in [-0.2, 0) is 6.54 Å². The van der Waals surface area contributed by atoms with Crippen LogP contribution in [0.15, 0.2) is 46.9 Å². The number of aliphatic hydroxyl groups is 1. The highest BCUT2D eigenvalue weighted by atomic mass is 16.5. The van der Waals surface area contributed by atoms with Gasteiger partial charge in [0.15, 0.2) is 17.7 Å². The molecule has 0 aliphatic carbocycles. The van der Waals surface area contributed by atoms with Crippen LogP contribution in [0, 0.1) is 0 Å². The van der Waals surface area contributed by atoms with Crippen LogP contribution in [-0.4, -0.2) is 52.2 Å². The molecule has 0 bridgehead atoms. The zero-order valence-electron chi connectivity index (χ0n) is 18.8. The average Bonchev–Trinajstić information content (AvgIpc) is 3.36. The Labute approximate surface area is 195 Å². The number of rotatable bonds is 5. The van der Waals surface area contributed by atoms with E-state index in [-0.39, 0.29) is 29.9 Å². The summed E-state index contributed by atoms with van der Waals surface area (Å²) < 4.78 is 11.5. The molecule has 2 aromatic carbocycles. The number of carbonyl (C=O) groups is 2. The molecule has 0 spiro atoms. The fraction of sp³-hybridized carbons (Fsp3) is 0.240. The fourth-order valence-corrected chi connectivity index (χ4v) is 4.44. The van der Waals surface area contributed by atoms with Gasteiger partial charge in [-0.2, -0.15) is 0 Å². The van der Waals surface area contributed by atoms with Crippen molar-refractivity contribution < 1.29 is 29.0 Å². The summed E-state index contributed by atoms with van der Waals surface area (Å²) in [7, 11) is 3.54. The zero-order valence-corrected chi connectivity index (χ0v) is 18.8. The summed E-state index contributed by atoms with van der Waals surface area (Å²) in [4.78, 5) is 32.3. The highest BCUT2D eigenvalue weighted by Crippen LogP contribution is 2.42. The average molecular weight is 461 g/mol. The number of aromatic nitrogens is 1. The number of aliphatic hydroxyl groups excluding tert-OH is 1. The summed E-state index contributed by atoms with van der Waals surface area (Å²) in [6.45, 7) is 1.81. The van der Waals surface area contributed by atoms with E-state index in [0.29, 0.717) is 22.4 Å². The molecule has 2 unspecified atom stereocenters. The molecule has 9 heteroatoms. The minimum absolute atomic E-state index is 0.0196. The first-order valence-electron chi connectivity index (χ1n) is 10.7. The largest absolute Gasteiger partial charge is 0.495 e. The minimum atomic E-state index is -1.28. The van der Waals surface area contributed by atoms with Crippen molar-refractivity contribution in [3.8, 4) is 17.2 Å². The second kappa shape index (κ2) is 8.03. The lowest BCUT2D eigenvalue weighted by atomic mass is 9.98. The van der Waals surface area contributed by atoms with Crippen molar-refractivity contribution in [2.45, 2.75) is 25.7 Å². The Balaban J connectivity index is 1.57. The SMILES string of the molecule is COc1ccc(-c2nc(C(=O)O)c(CN3C(=O)c4ccccc4C3O)o2)c2c1N(C)C(C)C=C2. The van der Waals surface area contributed by atoms with Crippen molar-refractivity contribution in [3.05, 3.63) is 70.6 Å². The topological polar surface area (TPSA) is 116 Å². The molecule has 3 heterocycles. The molecule has 174 valence electrons. The Morgan fingerprint density at radius 3 is 2.68 bits per heavy atom. The predicted octanol–water partition coefficient (Wildman–Crippen LogP) is 3.55. The number of aromatic carboxylic acids is 1. The van der Waals surface area contributed by atoms with E-state index in [4.69, 9.17) is 9.15 Å². The van der Waals surface area contributed by atoms with Crippen molar-refractivity contribution >= 4 is 23.6 Å². The number of nitrogens with zero attached hydrogens (tertiary/aromatic N) is 3. The van der Waals surface area contributed by atoms with Crippen LogP contribution in [0.2, 0.25) is 0 Å². The summed E-state index contributed by atoms with van der Waals surface area (Å²) in [5, 5.41) is 20.4. The Morgan fingerprint density at radius 2 is 1.97 bits per heavy atom. The molecule has 3 aromatic rings. The van der Waals surface area contributed by atoms with Crippen LogP contribution in [0.5, 0.6) is 5.75 Å². The van der Waals surface area contributed by atoms with E-state index in [1.807, 2.05) is 26.1 Å². The van der Waals surface area contributed by atoms with E-state index >= 15 is 0 Å². The number of amides is 1. The number of carboxylic acid groups (broad SMARTS) is 1. The van der Waals surface area contributed by atoms with E-state index in [1.165, 1.54) is 4.90 Å². The lowest BCUT2D eigenvalue weighted by Gasteiger charge is -2.32. The van der Waals surface area contributed by atoms with E-state index < -0.39 is 18.1 Å². The number of anilines is 1. The van der Waals surface area contributed by atoms with Crippen LogP contribution in [0.3, 0.4) is 0 Å². The maximum absolute atomic E-state index is 12.8. The van der Waals surface area contributed by atoms with Crippen LogP contribution >= 0.6 is 0 Å². The predicted molar refractivity (Wildman–Crippen MR) is 124 cm³/mol. The van der Waals surface area contributed by atoms with Gasteiger partial charge in [0.05, 0.1) is 19.3 Å². The molecule has 2 aliphatic heterocycles. The van der Waals surface area contributed by atoms with Gasteiger partial charge in [-0.15, -0.1) is 0 Å². The summed E-state index contributed by atoms with van der Waals surface area (Å²) in [5.74, 6) is -0.928. The molecule has 2 atom stereocenters. The molecule has 0 radical (unpaired) electrons. The van der Waals surface area contributed by atoms with Gasteiger partial charge in [0.2, 0.25) is 5.89 Å². The molecule has 9 nitrogen and oxygen atoms in total. The molecule has 5 rings (SSSR count). The van der Waals surface area contributed by atoms with Gasteiger partial charge in [0.25, 0.3) is 5.91 Å². The van der Waals surface area contributed by atoms with Crippen LogP contribution in [0.1, 0.15) is 50.9 Å². The van der Waals surface area contributed by atoms with Gasteiger partial charge in [-0.25, -0.2) is 9.78 Å². The third kappa shape index (κ3) is 3.24. The first-order valence-corrected chi connectivity index (χ1v) is 10.7. The molecule has 1 amide bonds. The Kier molecular flexibility index (Phi) is 5.13. The molecule has 0 saturated carbocycles. The summed E-state index contributed by atoms with van der Waals surface area (Å²) in [6.07, 6.45) is 2.75. The first-order chi connectivity index (χ1) is 16.3. The zero-order chi connectivity index (χ0) is 24.1. The van der Waals surface area contributed by atoms with Gasteiger partial charge in [-0.3, -0.25) is 4.79 Å². The van der Waals surface area contributed by atoms with E-state index in [1.54, 1.807) is 43.5 Å². The standard InChI is InChI=1S/C25H23N3O6/c1-13-8-9-14-15(10-11-18(33-3)21(14)27(13)2)22-26-20(25(31)32)19(34-22)12-28-23(29)16-6-4-5-7-17(16)24(28)30/h4-11,13,23,29H,12H2,1-3H3,(H,31,32). The number of ether oxygens (including phenoxy) is 1. The number of likely N-dealkylation sites (N-methyl/N-ethyl adjacent to an activating group) is 1. The summed E-state index contributed by atoms with van der Waals surface area (Å²) >= 11 is 0. The quantitative estimate of drug-likeness (QED) is 0.593. The van der Waals surface area contributed by atoms with E-state index in [2.05, 4.69) is 9.88 Å². The first kappa shape index (κ1) is 21.7. The van der Waals surface area contributed by atoms with Crippen LogP contribution in [0.4, 0.5) is 5.69 Å². The van der Waals surface area contributed by atoms with Gasteiger partial charge >= 0.3 is 5.97 Å². The molecule has 1 aromatic heterocycles. The lowest BCUT2D eigenvalue weighted by Crippen LogP contribution is -2.30. The maximum atomic E-state index is 12.8. The molecule has 0 saturated heterocycles. The molecule has 34 heavy (non-hydrogen) atoms. The minimum Gasteiger partial charge on any atom is -0.495 e. The number of methoxy groups -OCH3 is 1. The van der Waals surface area contributed by atoms with Crippen LogP contribution < -0.4 is 9.64 Å².